The van der Waals surface area contributed by atoms with Crippen LogP contribution in [0.5, 0.6) is 0 Å². The van der Waals surface area contributed by atoms with Gasteiger partial charge in [-0.05, 0) is 40.5 Å². The number of hydrogen-bond donors (Lipinski definition) is 2. The summed E-state index contributed by atoms with van der Waals surface area (Å²) in [6.45, 7) is 9.88. The highest BCUT2D eigenvalue weighted by molar-refractivity contribution is 4.85. The number of hydrogen-bond acceptors (Lipinski definition) is 4. The highest BCUT2D eigenvalue weighted by Crippen LogP contribution is 2.19. The van der Waals surface area contributed by atoms with E-state index in [1.807, 2.05) is 20.8 Å². The fourth-order valence-corrected chi connectivity index (χ4v) is 1.40. The molecule has 1 aliphatic rings. The van der Waals surface area contributed by atoms with E-state index in [4.69, 9.17) is 9.47 Å². The molecule has 0 aliphatic heterocycles. The zero-order valence-electron chi connectivity index (χ0n) is 11.6. The van der Waals surface area contributed by atoms with Crippen molar-refractivity contribution in [1.29, 1.82) is 0 Å². The Labute approximate surface area is 105 Å². The second-order valence-electron chi connectivity index (χ2n) is 6.17. The molecule has 2 N–H and O–H groups in total. The average Bonchev–Trinajstić information content (AvgIpc) is 2.95. The predicted octanol–water partition coefficient (Wildman–Crippen LogP) is 1.32. The van der Waals surface area contributed by atoms with Crippen LogP contribution in [0.2, 0.25) is 0 Å². The summed E-state index contributed by atoms with van der Waals surface area (Å²) >= 11 is 0. The molecule has 1 rings (SSSR count). The molecule has 1 fully saturated rings. The minimum absolute atomic E-state index is 0.126. The third-order valence-electron chi connectivity index (χ3n) is 2.52. The normalized spacial score (nSPS) is 20.3. The van der Waals surface area contributed by atoms with Crippen molar-refractivity contribution in [1.82, 2.24) is 5.32 Å². The SMILES string of the molecule is CC(O)(CNC1CC1)COCCOC(C)(C)C. The average molecular weight is 245 g/mol. The second-order valence-corrected chi connectivity index (χ2v) is 6.17. The lowest BCUT2D eigenvalue weighted by molar-refractivity contribution is -0.0698. The summed E-state index contributed by atoms with van der Waals surface area (Å²) in [6, 6.07) is 0.616. The first-order chi connectivity index (χ1) is 7.79. The lowest BCUT2D eigenvalue weighted by Crippen LogP contribution is -2.42. The standard InChI is InChI=1S/C13H27NO3/c1-12(2,3)17-8-7-16-10-13(4,15)9-14-11-5-6-11/h11,14-15H,5-10H2,1-4H3. The van der Waals surface area contributed by atoms with Gasteiger partial charge in [0, 0.05) is 12.6 Å². The molecule has 0 heterocycles. The van der Waals surface area contributed by atoms with Crippen molar-refractivity contribution in [3.63, 3.8) is 0 Å². The minimum Gasteiger partial charge on any atom is -0.386 e. The topological polar surface area (TPSA) is 50.7 Å². The molecule has 0 aromatic rings. The molecule has 0 aromatic carbocycles. The molecule has 0 spiro atoms. The quantitative estimate of drug-likeness (QED) is 0.633. The molecule has 0 radical (unpaired) electrons. The smallest absolute Gasteiger partial charge is 0.0975 e. The summed E-state index contributed by atoms with van der Waals surface area (Å²) in [5, 5.41) is 13.3. The van der Waals surface area contributed by atoms with Crippen molar-refractivity contribution in [3.8, 4) is 0 Å². The van der Waals surface area contributed by atoms with Crippen LogP contribution in [-0.2, 0) is 9.47 Å². The maximum Gasteiger partial charge on any atom is 0.0975 e. The Bertz CT molecular complexity index is 219. The molecule has 0 amide bonds. The highest BCUT2D eigenvalue weighted by Gasteiger charge is 2.26. The molecular formula is C13H27NO3. The van der Waals surface area contributed by atoms with E-state index in [0.29, 0.717) is 32.4 Å². The summed E-state index contributed by atoms with van der Waals surface area (Å²) in [5.41, 5.74) is -0.913. The van der Waals surface area contributed by atoms with Crippen LogP contribution < -0.4 is 5.32 Å². The van der Waals surface area contributed by atoms with Crippen LogP contribution in [0.15, 0.2) is 0 Å². The number of ether oxygens (including phenoxy) is 2. The van der Waals surface area contributed by atoms with Gasteiger partial charge in [-0.3, -0.25) is 0 Å². The molecule has 102 valence electrons. The summed E-state index contributed by atoms with van der Waals surface area (Å²) in [5.74, 6) is 0. The van der Waals surface area contributed by atoms with Gasteiger partial charge in [-0.2, -0.15) is 0 Å². The zero-order valence-corrected chi connectivity index (χ0v) is 11.6. The molecule has 1 unspecified atom stereocenters. The van der Waals surface area contributed by atoms with Gasteiger partial charge in [-0.1, -0.05) is 0 Å². The largest absolute Gasteiger partial charge is 0.386 e. The van der Waals surface area contributed by atoms with Gasteiger partial charge in [0.15, 0.2) is 0 Å². The fourth-order valence-electron chi connectivity index (χ4n) is 1.40. The van der Waals surface area contributed by atoms with Crippen molar-refractivity contribution in [2.75, 3.05) is 26.4 Å². The summed E-state index contributed by atoms with van der Waals surface area (Å²) in [7, 11) is 0. The third-order valence-corrected chi connectivity index (χ3v) is 2.52. The Morgan fingerprint density at radius 2 is 1.82 bits per heavy atom. The van der Waals surface area contributed by atoms with E-state index in [1.54, 1.807) is 6.92 Å². The van der Waals surface area contributed by atoms with E-state index in [0.717, 1.165) is 0 Å². The second kappa shape index (κ2) is 6.14. The first kappa shape index (κ1) is 14.9. The molecule has 4 nitrogen and oxygen atoms in total. The van der Waals surface area contributed by atoms with Gasteiger partial charge in [-0.25, -0.2) is 0 Å². The molecular weight excluding hydrogens is 218 g/mol. The Morgan fingerprint density at radius 3 is 2.35 bits per heavy atom. The maximum atomic E-state index is 10.0. The molecule has 1 atom stereocenters. The molecule has 0 bridgehead atoms. The van der Waals surface area contributed by atoms with Crippen LogP contribution in [0.25, 0.3) is 0 Å². The molecule has 1 saturated carbocycles. The van der Waals surface area contributed by atoms with Crippen LogP contribution in [0.4, 0.5) is 0 Å². The van der Waals surface area contributed by atoms with Crippen LogP contribution in [0.3, 0.4) is 0 Å². The maximum absolute atomic E-state index is 10.0. The summed E-state index contributed by atoms with van der Waals surface area (Å²) in [6.07, 6.45) is 2.46. The van der Waals surface area contributed by atoms with Gasteiger partial charge in [0.05, 0.1) is 31.0 Å². The molecule has 0 aromatic heterocycles. The van der Waals surface area contributed by atoms with Crippen LogP contribution >= 0.6 is 0 Å². The van der Waals surface area contributed by atoms with E-state index in [-0.39, 0.29) is 5.60 Å². The van der Waals surface area contributed by atoms with Gasteiger partial charge in [0.2, 0.25) is 0 Å². The monoisotopic (exact) mass is 245 g/mol. The van der Waals surface area contributed by atoms with Crippen molar-refractivity contribution in [2.45, 2.75) is 57.8 Å². The molecule has 0 saturated heterocycles. The molecule has 4 heteroatoms. The predicted molar refractivity (Wildman–Crippen MR) is 68.2 cm³/mol. The van der Waals surface area contributed by atoms with Crippen LogP contribution in [0.1, 0.15) is 40.5 Å². The van der Waals surface area contributed by atoms with Crippen molar-refractivity contribution >= 4 is 0 Å². The minimum atomic E-state index is -0.787. The number of aliphatic hydroxyl groups is 1. The third kappa shape index (κ3) is 8.55. The lowest BCUT2D eigenvalue weighted by atomic mass is 10.1. The Balaban J connectivity index is 1.99. The first-order valence-electron chi connectivity index (χ1n) is 6.46. The Morgan fingerprint density at radius 1 is 1.18 bits per heavy atom. The van der Waals surface area contributed by atoms with Crippen molar-refractivity contribution in [2.24, 2.45) is 0 Å². The van der Waals surface area contributed by atoms with Crippen LogP contribution in [-0.4, -0.2) is 48.7 Å². The van der Waals surface area contributed by atoms with E-state index in [2.05, 4.69) is 5.32 Å². The lowest BCUT2D eigenvalue weighted by Gasteiger charge is -2.24. The zero-order chi connectivity index (χ0) is 12.9. The summed E-state index contributed by atoms with van der Waals surface area (Å²) < 4.78 is 11.0. The van der Waals surface area contributed by atoms with Crippen molar-refractivity contribution < 1.29 is 14.6 Å². The Kier molecular flexibility index (Phi) is 5.38. The first-order valence-corrected chi connectivity index (χ1v) is 6.46. The van der Waals surface area contributed by atoms with E-state index in [9.17, 15) is 5.11 Å². The van der Waals surface area contributed by atoms with Gasteiger partial charge in [0.1, 0.15) is 0 Å². The van der Waals surface area contributed by atoms with E-state index >= 15 is 0 Å². The van der Waals surface area contributed by atoms with Gasteiger partial charge < -0.3 is 19.9 Å². The van der Waals surface area contributed by atoms with Crippen molar-refractivity contribution in [3.05, 3.63) is 0 Å². The van der Waals surface area contributed by atoms with Crippen LogP contribution in [0, 0.1) is 0 Å². The molecule has 17 heavy (non-hydrogen) atoms. The van der Waals surface area contributed by atoms with E-state index < -0.39 is 5.60 Å². The van der Waals surface area contributed by atoms with Gasteiger partial charge in [0.25, 0.3) is 0 Å². The Hall–Kier alpha value is -0.160. The van der Waals surface area contributed by atoms with Gasteiger partial charge in [-0.15, -0.1) is 0 Å². The molecule has 1 aliphatic carbocycles. The number of nitrogens with one attached hydrogen (secondary N) is 1. The summed E-state index contributed by atoms with van der Waals surface area (Å²) in [4.78, 5) is 0. The van der Waals surface area contributed by atoms with Gasteiger partial charge >= 0.3 is 0 Å². The number of rotatable bonds is 8. The highest BCUT2D eigenvalue weighted by atomic mass is 16.5. The fraction of sp³-hybridized carbons (Fsp3) is 1.00. The van der Waals surface area contributed by atoms with E-state index in [1.165, 1.54) is 12.8 Å².